The molecule has 0 saturated heterocycles. The van der Waals surface area contributed by atoms with Gasteiger partial charge >= 0.3 is 0 Å². The zero-order chi connectivity index (χ0) is 14.4. The summed E-state index contributed by atoms with van der Waals surface area (Å²) in [6.07, 6.45) is 15.2. The van der Waals surface area contributed by atoms with Gasteiger partial charge in [-0.2, -0.15) is 0 Å². The van der Waals surface area contributed by atoms with Crippen molar-refractivity contribution in [2.45, 2.75) is 96.2 Å². The van der Waals surface area contributed by atoms with E-state index in [4.69, 9.17) is 10.2 Å². The zero-order valence-corrected chi connectivity index (χ0v) is 12.6. The minimum absolute atomic E-state index is 0.161. The Bertz CT molecular complexity index is 202. The van der Waals surface area contributed by atoms with E-state index in [0.717, 1.165) is 12.8 Å². The van der Waals surface area contributed by atoms with Gasteiger partial charge in [0.25, 0.3) is 0 Å². The Morgan fingerprint density at radius 1 is 0.737 bits per heavy atom. The molecule has 0 fully saturated rings. The summed E-state index contributed by atoms with van der Waals surface area (Å²) in [5, 5.41) is 18.1. The third-order valence-corrected chi connectivity index (χ3v) is 3.59. The van der Waals surface area contributed by atoms with Gasteiger partial charge in [-0.15, -0.1) is 0 Å². The van der Waals surface area contributed by atoms with E-state index in [-0.39, 0.29) is 12.7 Å². The molecular formula is C16H32O3. The summed E-state index contributed by atoms with van der Waals surface area (Å²) in [5.41, 5.74) is 0. The van der Waals surface area contributed by atoms with Crippen LogP contribution in [0, 0.1) is 0 Å². The summed E-state index contributed by atoms with van der Waals surface area (Å²) in [5.74, 6) is -2.10. The van der Waals surface area contributed by atoms with Crippen LogP contribution in [0.25, 0.3) is 0 Å². The molecule has 0 atom stereocenters. The van der Waals surface area contributed by atoms with E-state index in [2.05, 4.69) is 6.92 Å². The van der Waals surface area contributed by atoms with Crippen LogP contribution in [-0.2, 0) is 4.79 Å². The van der Waals surface area contributed by atoms with Gasteiger partial charge < -0.3 is 10.2 Å². The number of carbonyl (C=O) groups is 1. The number of aliphatic hydroxyl groups is 2. The fourth-order valence-corrected chi connectivity index (χ4v) is 2.29. The van der Waals surface area contributed by atoms with Crippen molar-refractivity contribution in [1.29, 1.82) is 0 Å². The second-order valence-electron chi connectivity index (χ2n) is 5.64. The first kappa shape index (κ1) is 18.6. The van der Waals surface area contributed by atoms with Gasteiger partial charge in [-0.3, -0.25) is 4.79 Å². The van der Waals surface area contributed by atoms with Crippen molar-refractivity contribution in [1.82, 2.24) is 0 Å². The molecule has 0 aromatic carbocycles. The molecule has 0 aliphatic rings. The molecule has 0 aromatic heterocycles. The molecule has 0 aliphatic heterocycles. The zero-order valence-electron chi connectivity index (χ0n) is 12.6. The molecule has 0 heterocycles. The average molecular weight is 272 g/mol. The van der Waals surface area contributed by atoms with Crippen LogP contribution in [-0.4, -0.2) is 22.3 Å². The molecule has 0 amide bonds. The van der Waals surface area contributed by atoms with E-state index in [1.807, 2.05) is 0 Å². The number of hydrogen-bond donors (Lipinski definition) is 2. The fourth-order valence-electron chi connectivity index (χ4n) is 2.29. The first-order chi connectivity index (χ1) is 9.12. The summed E-state index contributed by atoms with van der Waals surface area (Å²) in [7, 11) is 0. The maximum atomic E-state index is 10.3. The SMILES string of the molecule is CCCCCCCCCCCCCCC(O)(O)C=O. The molecule has 0 saturated carbocycles. The molecule has 0 rings (SSSR count). The highest BCUT2D eigenvalue weighted by molar-refractivity contribution is 5.58. The summed E-state index contributed by atoms with van der Waals surface area (Å²) in [6.45, 7) is 2.24. The molecule has 19 heavy (non-hydrogen) atoms. The molecule has 0 spiro atoms. The fraction of sp³-hybridized carbons (Fsp3) is 0.938. The minimum Gasteiger partial charge on any atom is -0.360 e. The monoisotopic (exact) mass is 272 g/mol. The van der Waals surface area contributed by atoms with Crippen molar-refractivity contribution in [2.75, 3.05) is 0 Å². The molecule has 3 nitrogen and oxygen atoms in total. The van der Waals surface area contributed by atoms with Gasteiger partial charge in [0.1, 0.15) is 0 Å². The first-order valence-electron chi connectivity index (χ1n) is 8.03. The number of unbranched alkanes of at least 4 members (excludes halogenated alkanes) is 11. The highest BCUT2D eigenvalue weighted by atomic mass is 16.5. The van der Waals surface area contributed by atoms with Crippen molar-refractivity contribution >= 4 is 6.29 Å². The van der Waals surface area contributed by atoms with Crippen LogP contribution in [0.2, 0.25) is 0 Å². The molecular weight excluding hydrogens is 240 g/mol. The summed E-state index contributed by atoms with van der Waals surface area (Å²) in [6, 6.07) is 0. The molecule has 0 aliphatic carbocycles. The topological polar surface area (TPSA) is 57.5 Å². The third-order valence-electron chi connectivity index (χ3n) is 3.59. The Morgan fingerprint density at radius 2 is 1.11 bits per heavy atom. The van der Waals surface area contributed by atoms with Crippen LogP contribution in [0.4, 0.5) is 0 Å². The average Bonchev–Trinajstić information content (AvgIpc) is 2.40. The summed E-state index contributed by atoms with van der Waals surface area (Å²) >= 11 is 0. The van der Waals surface area contributed by atoms with E-state index in [9.17, 15) is 4.79 Å². The summed E-state index contributed by atoms with van der Waals surface area (Å²) < 4.78 is 0. The maximum Gasteiger partial charge on any atom is 0.220 e. The molecule has 2 N–H and O–H groups in total. The van der Waals surface area contributed by atoms with E-state index in [1.54, 1.807) is 0 Å². The van der Waals surface area contributed by atoms with Gasteiger partial charge in [-0.05, 0) is 6.42 Å². The van der Waals surface area contributed by atoms with Gasteiger partial charge in [-0.1, -0.05) is 77.6 Å². The van der Waals surface area contributed by atoms with Crippen molar-refractivity contribution in [2.24, 2.45) is 0 Å². The van der Waals surface area contributed by atoms with Crippen LogP contribution >= 0.6 is 0 Å². The second kappa shape index (κ2) is 12.6. The summed E-state index contributed by atoms with van der Waals surface area (Å²) in [4.78, 5) is 10.3. The normalized spacial score (nSPS) is 11.7. The maximum absolute atomic E-state index is 10.3. The lowest BCUT2D eigenvalue weighted by Gasteiger charge is -2.13. The second-order valence-corrected chi connectivity index (χ2v) is 5.64. The third kappa shape index (κ3) is 13.8. The van der Waals surface area contributed by atoms with Gasteiger partial charge in [0.05, 0.1) is 0 Å². The van der Waals surface area contributed by atoms with Crippen LogP contribution in [0.1, 0.15) is 90.4 Å². The Morgan fingerprint density at radius 3 is 1.47 bits per heavy atom. The largest absolute Gasteiger partial charge is 0.360 e. The van der Waals surface area contributed by atoms with Gasteiger partial charge in [-0.25, -0.2) is 0 Å². The first-order valence-corrected chi connectivity index (χ1v) is 8.03. The van der Waals surface area contributed by atoms with E-state index >= 15 is 0 Å². The molecule has 0 unspecified atom stereocenters. The minimum atomic E-state index is -2.10. The van der Waals surface area contributed by atoms with E-state index in [0.29, 0.717) is 6.42 Å². The van der Waals surface area contributed by atoms with Crippen LogP contribution in [0.15, 0.2) is 0 Å². The van der Waals surface area contributed by atoms with Crippen LogP contribution in [0.3, 0.4) is 0 Å². The molecule has 114 valence electrons. The quantitative estimate of drug-likeness (QED) is 0.286. The lowest BCUT2D eigenvalue weighted by Crippen LogP contribution is -2.29. The standard InChI is InChI=1S/C16H32O3/c1-2-3-4-5-6-7-8-9-10-11-12-13-14-16(18,19)15-17/h15,18-19H,2-14H2,1H3. The van der Waals surface area contributed by atoms with Crippen molar-refractivity contribution < 1.29 is 15.0 Å². The lowest BCUT2D eigenvalue weighted by atomic mass is 10.0. The predicted octanol–water partition coefficient (Wildman–Crippen LogP) is 3.96. The van der Waals surface area contributed by atoms with Crippen LogP contribution < -0.4 is 0 Å². The Hall–Kier alpha value is -0.410. The van der Waals surface area contributed by atoms with Gasteiger partial charge in [0.15, 0.2) is 6.29 Å². The van der Waals surface area contributed by atoms with E-state index < -0.39 is 5.79 Å². The predicted molar refractivity (Wildman–Crippen MR) is 78.9 cm³/mol. The highest BCUT2D eigenvalue weighted by Gasteiger charge is 2.20. The number of carbonyl (C=O) groups excluding carboxylic acids is 1. The smallest absolute Gasteiger partial charge is 0.220 e. The molecule has 0 radical (unpaired) electrons. The van der Waals surface area contributed by atoms with Crippen molar-refractivity contribution in [3.8, 4) is 0 Å². The Kier molecular flexibility index (Phi) is 12.3. The molecule has 3 heteroatoms. The van der Waals surface area contributed by atoms with Crippen molar-refractivity contribution in [3.63, 3.8) is 0 Å². The van der Waals surface area contributed by atoms with Gasteiger partial charge in [0, 0.05) is 6.42 Å². The van der Waals surface area contributed by atoms with E-state index in [1.165, 1.54) is 57.8 Å². The van der Waals surface area contributed by atoms with Gasteiger partial charge in [0.2, 0.25) is 5.79 Å². The Balaban J connectivity index is 3.09. The Labute approximate surface area is 118 Å². The van der Waals surface area contributed by atoms with Crippen molar-refractivity contribution in [3.05, 3.63) is 0 Å². The number of hydrogen-bond acceptors (Lipinski definition) is 3. The lowest BCUT2D eigenvalue weighted by molar-refractivity contribution is -0.171. The number of rotatable bonds is 14. The molecule has 0 bridgehead atoms. The number of aldehydes is 1. The van der Waals surface area contributed by atoms with Crippen LogP contribution in [0.5, 0.6) is 0 Å². The highest BCUT2D eigenvalue weighted by Crippen LogP contribution is 2.14. The molecule has 0 aromatic rings.